The first-order valence-corrected chi connectivity index (χ1v) is 8.25. The van der Waals surface area contributed by atoms with Gasteiger partial charge in [-0.2, -0.15) is 4.31 Å². The highest BCUT2D eigenvalue weighted by Gasteiger charge is 2.33. The van der Waals surface area contributed by atoms with Gasteiger partial charge in [-0.25, -0.2) is 12.8 Å². The van der Waals surface area contributed by atoms with E-state index in [1.165, 1.54) is 16.4 Å². The molecular formula is C13H17ClFNO2S. The normalized spacial score (nSPS) is 20.9. The molecule has 1 unspecified atom stereocenters. The van der Waals surface area contributed by atoms with E-state index in [1.54, 1.807) is 6.92 Å². The van der Waals surface area contributed by atoms with E-state index < -0.39 is 15.8 Å². The Hall–Kier alpha value is -0.650. The minimum Gasteiger partial charge on any atom is -0.207 e. The van der Waals surface area contributed by atoms with Gasteiger partial charge in [0, 0.05) is 19.0 Å². The zero-order valence-electron chi connectivity index (χ0n) is 10.8. The van der Waals surface area contributed by atoms with Crippen LogP contribution in [-0.4, -0.2) is 31.7 Å². The van der Waals surface area contributed by atoms with Gasteiger partial charge in [-0.15, -0.1) is 11.6 Å². The minimum absolute atomic E-state index is 0.0685. The summed E-state index contributed by atoms with van der Waals surface area (Å²) in [5.41, 5.74) is 0.571. The minimum atomic E-state index is -3.59. The van der Waals surface area contributed by atoms with Crippen molar-refractivity contribution in [2.24, 2.45) is 5.92 Å². The Labute approximate surface area is 118 Å². The first-order valence-electron chi connectivity index (χ1n) is 6.27. The van der Waals surface area contributed by atoms with Crippen LogP contribution in [0.4, 0.5) is 4.39 Å². The summed E-state index contributed by atoms with van der Waals surface area (Å²) in [6.45, 7) is 2.64. The molecular weight excluding hydrogens is 289 g/mol. The van der Waals surface area contributed by atoms with Gasteiger partial charge in [0.25, 0.3) is 0 Å². The van der Waals surface area contributed by atoms with Crippen LogP contribution in [0.15, 0.2) is 23.1 Å². The number of benzene rings is 1. The summed E-state index contributed by atoms with van der Waals surface area (Å²) in [7, 11) is -3.59. The molecule has 2 rings (SSSR count). The van der Waals surface area contributed by atoms with Gasteiger partial charge in [-0.05, 0) is 43.4 Å². The van der Waals surface area contributed by atoms with Crippen LogP contribution in [0, 0.1) is 18.7 Å². The molecule has 0 bridgehead atoms. The Kier molecular flexibility index (Phi) is 4.48. The van der Waals surface area contributed by atoms with Crippen molar-refractivity contribution in [2.75, 3.05) is 19.0 Å². The molecule has 0 amide bonds. The highest BCUT2D eigenvalue weighted by molar-refractivity contribution is 7.89. The zero-order valence-corrected chi connectivity index (χ0v) is 12.3. The van der Waals surface area contributed by atoms with Gasteiger partial charge in [-0.1, -0.05) is 6.07 Å². The maximum atomic E-state index is 13.3. The largest absolute Gasteiger partial charge is 0.243 e. The topological polar surface area (TPSA) is 37.4 Å². The van der Waals surface area contributed by atoms with E-state index >= 15 is 0 Å². The average Bonchev–Trinajstić information content (AvgIpc) is 2.82. The van der Waals surface area contributed by atoms with E-state index in [0.717, 1.165) is 18.9 Å². The third-order valence-electron chi connectivity index (χ3n) is 3.53. The predicted molar refractivity (Wildman–Crippen MR) is 73.3 cm³/mol. The van der Waals surface area contributed by atoms with E-state index in [1.807, 2.05) is 0 Å². The molecule has 1 fully saturated rings. The number of hydrogen-bond donors (Lipinski definition) is 0. The molecule has 1 aliphatic rings. The lowest BCUT2D eigenvalue weighted by Crippen LogP contribution is -2.29. The molecule has 0 aliphatic carbocycles. The molecule has 0 N–H and O–H groups in total. The summed E-state index contributed by atoms with van der Waals surface area (Å²) < 4.78 is 39.7. The van der Waals surface area contributed by atoms with Crippen LogP contribution in [0.3, 0.4) is 0 Å². The summed E-state index contributed by atoms with van der Waals surface area (Å²) in [6.07, 6.45) is 1.63. The van der Waals surface area contributed by atoms with Crippen molar-refractivity contribution < 1.29 is 12.8 Å². The lowest BCUT2D eigenvalue weighted by atomic mass is 10.1. The van der Waals surface area contributed by atoms with Gasteiger partial charge in [0.05, 0.1) is 4.90 Å². The van der Waals surface area contributed by atoms with Gasteiger partial charge in [0.1, 0.15) is 5.82 Å². The van der Waals surface area contributed by atoms with E-state index in [4.69, 9.17) is 11.6 Å². The highest BCUT2D eigenvalue weighted by Crippen LogP contribution is 2.28. The Balaban J connectivity index is 2.26. The molecule has 1 saturated heterocycles. The van der Waals surface area contributed by atoms with Crippen molar-refractivity contribution in [1.29, 1.82) is 0 Å². The Morgan fingerprint density at radius 1 is 1.47 bits per heavy atom. The maximum absolute atomic E-state index is 13.3. The molecule has 0 spiro atoms. The van der Waals surface area contributed by atoms with Gasteiger partial charge >= 0.3 is 0 Å². The van der Waals surface area contributed by atoms with Crippen LogP contribution >= 0.6 is 11.6 Å². The fourth-order valence-corrected chi connectivity index (χ4v) is 4.47. The molecule has 0 aromatic heterocycles. The number of alkyl halides is 1. The molecule has 1 heterocycles. The second-order valence-corrected chi connectivity index (χ2v) is 7.19. The fourth-order valence-electron chi connectivity index (χ4n) is 2.40. The van der Waals surface area contributed by atoms with Crippen molar-refractivity contribution in [2.45, 2.75) is 24.7 Å². The van der Waals surface area contributed by atoms with E-state index in [9.17, 15) is 12.8 Å². The molecule has 6 heteroatoms. The summed E-state index contributed by atoms with van der Waals surface area (Å²) in [5.74, 6) is 0.319. The zero-order chi connectivity index (χ0) is 14.0. The standard InChI is InChI=1S/C13H17ClFNO2S/c1-10-2-3-12(15)8-13(10)19(17,18)16-7-5-11(9-16)4-6-14/h2-3,8,11H,4-7,9H2,1H3. The van der Waals surface area contributed by atoms with E-state index in [0.29, 0.717) is 30.5 Å². The smallest absolute Gasteiger partial charge is 0.207 e. The number of nitrogens with zero attached hydrogens (tertiary/aromatic N) is 1. The highest BCUT2D eigenvalue weighted by atomic mass is 35.5. The van der Waals surface area contributed by atoms with Gasteiger partial charge in [0.15, 0.2) is 0 Å². The number of aryl methyl sites for hydroxylation is 1. The summed E-state index contributed by atoms with van der Waals surface area (Å²) >= 11 is 5.69. The summed E-state index contributed by atoms with van der Waals surface area (Å²) in [6, 6.07) is 3.86. The van der Waals surface area contributed by atoms with Crippen molar-refractivity contribution in [1.82, 2.24) is 4.31 Å². The monoisotopic (exact) mass is 305 g/mol. The second kappa shape index (κ2) is 5.77. The van der Waals surface area contributed by atoms with Crippen molar-refractivity contribution >= 4 is 21.6 Å². The summed E-state index contributed by atoms with van der Waals surface area (Å²) in [5, 5.41) is 0. The molecule has 1 atom stereocenters. The van der Waals surface area contributed by atoms with Gasteiger partial charge in [0.2, 0.25) is 10.0 Å². The quantitative estimate of drug-likeness (QED) is 0.802. The van der Waals surface area contributed by atoms with E-state index in [2.05, 4.69) is 0 Å². The Morgan fingerprint density at radius 2 is 2.21 bits per heavy atom. The molecule has 1 aromatic rings. The number of rotatable bonds is 4. The molecule has 1 aromatic carbocycles. The molecule has 0 saturated carbocycles. The third-order valence-corrected chi connectivity index (χ3v) is 5.76. The van der Waals surface area contributed by atoms with Crippen LogP contribution in [0.25, 0.3) is 0 Å². The van der Waals surface area contributed by atoms with Crippen LogP contribution in [0.2, 0.25) is 0 Å². The molecule has 3 nitrogen and oxygen atoms in total. The first-order chi connectivity index (χ1) is 8.95. The average molecular weight is 306 g/mol. The van der Waals surface area contributed by atoms with Crippen molar-refractivity contribution in [3.05, 3.63) is 29.6 Å². The Bertz CT molecular complexity index is 562. The van der Waals surface area contributed by atoms with Crippen molar-refractivity contribution in [3.8, 4) is 0 Å². The second-order valence-electron chi connectivity index (χ2n) is 4.91. The maximum Gasteiger partial charge on any atom is 0.243 e. The fraction of sp³-hybridized carbons (Fsp3) is 0.538. The summed E-state index contributed by atoms with van der Waals surface area (Å²) in [4.78, 5) is 0.0685. The lowest BCUT2D eigenvalue weighted by molar-refractivity contribution is 0.452. The number of halogens is 2. The molecule has 19 heavy (non-hydrogen) atoms. The van der Waals surface area contributed by atoms with Gasteiger partial charge < -0.3 is 0 Å². The first kappa shape index (κ1) is 14.8. The van der Waals surface area contributed by atoms with Crippen molar-refractivity contribution in [3.63, 3.8) is 0 Å². The van der Waals surface area contributed by atoms with Crippen LogP contribution in [0.5, 0.6) is 0 Å². The third kappa shape index (κ3) is 3.09. The van der Waals surface area contributed by atoms with Crippen LogP contribution < -0.4 is 0 Å². The lowest BCUT2D eigenvalue weighted by Gasteiger charge is -2.18. The van der Waals surface area contributed by atoms with Crippen LogP contribution in [-0.2, 0) is 10.0 Å². The predicted octanol–water partition coefficient (Wildman–Crippen LogP) is 2.77. The Morgan fingerprint density at radius 3 is 2.89 bits per heavy atom. The number of hydrogen-bond acceptors (Lipinski definition) is 2. The molecule has 1 aliphatic heterocycles. The SMILES string of the molecule is Cc1ccc(F)cc1S(=O)(=O)N1CCC(CCCl)C1. The molecule has 106 valence electrons. The van der Waals surface area contributed by atoms with E-state index in [-0.39, 0.29) is 4.90 Å². The molecule has 0 radical (unpaired) electrons. The van der Waals surface area contributed by atoms with Gasteiger partial charge in [-0.3, -0.25) is 0 Å². The van der Waals surface area contributed by atoms with Crippen LogP contribution in [0.1, 0.15) is 18.4 Å². The number of sulfonamides is 1.